The summed E-state index contributed by atoms with van der Waals surface area (Å²) in [4.78, 5) is 26.9. The predicted molar refractivity (Wildman–Crippen MR) is 80.9 cm³/mol. The topological polar surface area (TPSA) is 52.7 Å². The SMILES string of the molecule is CC(=O)N(CCN(C)C)CC(=O)Nc1cccc(Cl)c1. The minimum Gasteiger partial charge on any atom is -0.332 e. The maximum atomic E-state index is 11.9. The lowest BCUT2D eigenvalue weighted by molar-refractivity contribution is -0.132. The summed E-state index contributed by atoms with van der Waals surface area (Å²) < 4.78 is 0. The molecule has 0 atom stereocenters. The highest BCUT2D eigenvalue weighted by molar-refractivity contribution is 6.30. The van der Waals surface area contributed by atoms with Crippen molar-refractivity contribution >= 4 is 29.1 Å². The standard InChI is InChI=1S/C14H20ClN3O2/c1-11(19)18(8-7-17(2)3)10-14(20)16-13-6-4-5-12(15)9-13/h4-6,9H,7-8,10H2,1-3H3,(H,16,20). The smallest absolute Gasteiger partial charge is 0.243 e. The van der Waals surface area contributed by atoms with Crippen molar-refractivity contribution < 1.29 is 9.59 Å². The van der Waals surface area contributed by atoms with Gasteiger partial charge in [-0.25, -0.2) is 0 Å². The van der Waals surface area contributed by atoms with Crippen LogP contribution >= 0.6 is 11.6 Å². The third kappa shape index (κ3) is 6.04. The molecule has 1 aromatic carbocycles. The molecule has 0 saturated heterocycles. The van der Waals surface area contributed by atoms with Crippen LogP contribution in [-0.4, -0.2) is 55.3 Å². The van der Waals surface area contributed by atoms with E-state index in [1.165, 1.54) is 11.8 Å². The van der Waals surface area contributed by atoms with Crippen LogP contribution in [0.15, 0.2) is 24.3 Å². The van der Waals surface area contributed by atoms with Gasteiger partial charge in [-0.05, 0) is 32.3 Å². The van der Waals surface area contributed by atoms with Crippen molar-refractivity contribution in [2.24, 2.45) is 0 Å². The molecule has 0 unspecified atom stereocenters. The fraction of sp³-hybridized carbons (Fsp3) is 0.429. The van der Waals surface area contributed by atoms with E-state index < -0.39 is 0 Å². The summed E-state index contributed by atoms with van der Waals surface area (Å²) >= 11 is 5.85. The molecule has 0 aromatic heterocycles. The lowest BCUT2D eigenvalue weighted by Crippen LogP contribution is -2.40. The molecular formula is C14H20ClN3O2. The Bertz CT molecular complexity index is 477. The Balaban J connectivity index is 2.55. The highest BCUT2D eigenvalue weighted by atomic mass is 35.5. The van der Waals surface area contributed by atoms with Crippen molar-refractivity contribution in [2.75, 3.05) is 39.0 Å². The van der Waals surface area contributed by atoms with Gasteiger partial charge in [-0.3, -0.25) is 9.59 Å². The van der Waals surface area contributed by atoms with Crippen molar-refractivity contribution in [3.8, 4) is 0 Å². The Labute approximate surface area is 124 Å². The van der Waals surface area contributed by atoms with Gasteiger partial charge < -0.3 is 15.1 Å². The minimum absolute atomic E-state index is 0.0374. The third-order valence-electron chi connectivity index (χ3n) is 2.71. The lowest BCUT2D eigenvalue weighted by Gasteiger charge is -2.22. The van der Waals surface area contributed by atoms with E-state index in [4.69, 9.17) is 11.6 Å². The number of rotatable bonds is 6. The highest BCUT2D eigenvalue weighted by Gasteiger charge is 2.13. The van der Waals surface area contributed by atoms with E-state index >= 15 is 0 Å². The van der Waals surface area contributed by atoms with E-state index in [0.29, 0.717) is 23.8 Å². The number of carbonyl (C=O) groups excluding carboxylic acids is 2. The van der Waals surface area contributed by atoms with Crippen LogP contribution in [0.25, 0.3) is 0 Å². The normalized spacial score (nSPS) is 10.4. The van der Waals surface area contributed by atoms with E-state index in [-0.39, 0.29) is 18.4 Å². The summed E-state index contributed by atoms with van der Waals surface area (Å²) in [5.74, 6) is -0.352. The van der Waals surface area contributed by atoms with Crippen LogP contribution < -0.4 is 5.32 Å². The van der Waals surface area contributed by atoms with Gasteiger partial charge >= 0.3 is 0 Å². The molecule has 1 rings (SSSR count). The van der Waals surface area contributed by atoms with Crippen LogP contribution in [0.4, 0.5) is 5.69 Å². The predicted octanol–water partition coefficient (Wildman–Crippen LogP) is 1.69. The summed E-state index contributed by atoms with van der Waals surface area (Å²) in [5.41, 5.74) is 0.624. The number of nitrogens with one attached hydrogen (secondary N) is 1. The summed E-state index contributed by atoms with van der Waals surface area (Å²) in [6.45, 7) is 2.73. The Kier molecular flexibility index (Phi) is 6.48. The molecule has 0 aliphatic rings. The molecule has 1 aromatic rings. The Morgan fingerprint density at radius 1 is 1.25 bits per heavy atom. The lowest BCUT2D eigenvalue weighted by atomic mass is 10.3. The quantitative estimate of drug-likeness (QED) is 0.869. The van der Waals surface area contributed by atoms with Crippen LogP contribution in [0.5, 0.6) is 0 Å². The molecule has 0 fully saturated rings. The second kappa shape index (κ2) is 7.87. The molecule has 0 aliphatic carbocycles. The minimum atomic E-state index is -0.235. The van der Waals surface area contributed by atoms with E-state index in [1.54, 1.807) is 24.3 Å². The third-order valence-corrected chi connectivity index (χ3v) is 2.94. The first-order chi connectivity index (χ1) is 9.38. The number of hydrogen-bond donors (Lipinski definition) is 1. The molecule has 0 saturated carbocycles. The zero-order chi connectivity index (χ0) is 15.1. The number of amides is 2. The first-order valence-electron chi connectivity index (χ1n) is 6.34. The van der Waals surface area contributed by atoms with Gasteiger partial charge in [-0.2, -0.15) is 0 Å². The highest BCUT2D eigenvalue weighted by Crippen LogP contribution is 2.14. The van der Waals surface area contributed by atoms with Crippen LogP contribution in [0.2, 0.25) is 5.02 Å². The van der Waals surface area contributed by atoms with Gasteiger partial charge in [-0.15, -0.1) is 0 Å². The molecule has 0 radical (unpaired) electrons. The first-order valence-corrected chi connectivity index (χ1v) is 6.72. The fourth-order valence-electron chi connectivity index (χ4n) is 1.61. The van der Waals surface area contributed by atoms with E-state index in [9.17, 15) is 9.59 Å². The maximum absolute atomic E-state index is 11.9. The van der Waals surface area contributed by atoms with Crippen molar-refractivity contribution in [1.82, 2.24) is 9.80 Å². The van der Waals surface area contributed by atoms with Crippen molar-refractivity contribution in [2.45, 2.75) is 6.92 Å². The van der Waals surface area contributed by atoms with Crippen LogP contribution in [0.3, 0.4) is 0 Å². The molecular weight excluding hydrogens is 278 g/mol. The molecule has 1 N–H and O–H groups in total. The van der Waals surface area contributed by atoms with E-state index in [0.717, 1.165) is 0 Å². The second-order valence-corrected chi connectivity index (χ2v) is 5.24. The zero-order valence-electron chi connectivity index (χ0n) is 12.0. The second-order valence-electron chi connectivity index (χ2n) is 4.80. The average molecular weight is 298 g/mol. The van der Waals surface area contributed by atoms with Crippen molar-refractivity contribution in [3.63, 3.8) is 0 Å². The maximum Gasteiger partial charge on any atom is 0.243 e. The average Bonchev–Trinajstić information content (AvgIpc) is 2.33. The summed E-state index contributed by atoms with van der Waals surface area (Å²) in [6, 6.07) is 6.90. The van der Waals surface area contributed by atoms with Crippen LogP contribution in [-0.2, 0) is 9.59 Å². The van der Waals surface area contributed by atoms with Gasteiger partial charge in [0, 0.05) is 30.7 Å². The zero-order valence-corrected chi connectivity index (χ0v) is 12.8. The molecule has 0 spiro atoms. The van der Waals surface area contributed by atoms with Gasteiger partial charge in [0.1, 0.15) is 0 Å². The number of hydrogen-bond acceptors (Lipinski definition) is 3. The monoisotopic (exact) mass is 297 g/mol. The van der Waals surface area contributed by atoms with E-state index in [1.807, 2.05) is 19.0 Å². The van der Waals surface area contributed by atoms with Crippen molar-refractivity contribution in [3.05, 3.63) is 29.3 Å². The number of benzene rings is 1. The van der Waals surface area contributed by atoms with Crippen molar-refractivity contribution in [1.29, 1.82) is 0 Å². The Morgan fingerprint density at radius 2 is 1.95 bits per heavy atom. The molecule has 0 heterocycles. The fourth-order valence-corrected chi connectivity index (χ4v) is 1.80. The summed E-state index contributed by atoms with van der Waals surface area (Å²) in [5, 5.41) is 3.28. The Morgan fingerprint density at radius 3 is 2.50 bits per heavy atom. The van der Waals surface area contributed by atoms with Crippen LogP contribution in [0.1, 0.15) is 6.92 Å². The largest absolute Gasteiger partial charge is 0.332 e. The molecule has 0 bridgehead atoms. The van der Waals surface area contributed by atoms with Gasteiger partial charge in [0.2, 0.25) is 11.8 Å². The molecule has 6 heteroatoms. The first kappa shape index (κ1) is 16.5. The van der Waals surface area contributed by atoms with Gasteiger partial charge in [0.15, 0.2) is 0 Å². The molecule has 20 heavy (non-hydrogen) atoms. The molecule has 110 valence electrons. The number of carbonyl (C=O) groups is 2. The van der Waals surface area contributed by atoms with Gasteiger partial charge in [0.25, 0.3) is 0 Å². The summed E-state index contributed by atoms with van der Waals surface area (Å²) in [6.07, 6.45) is 0. The van der Waals surface area contributed by atoms with E-state index in [2.05, 4.69) is 5.32 Å². The molecule has 2 amide bonds. The molecule has 5 nitrogen and oxygen atoms in total. The summed E-state index contributed by atoms with van der Waals surface area (Å²) in [7, 11) is 3.84. The number of nitrogens with zero attached hydrogens (tertiary/aromatic N) is 2. The Hall–Kier alpha value is -1.59. The molecule has 0 aliphatic heterocycles. The number of anilines is 1. The number of likely N-dealkylation sites (N-methyl/N-ethyl adjacent to an activating group) is 1. The van der Waals surface area contributed by atoms with Gasteiger partial charge in [-0.1, -0.05) is 17.7 Å². The number of halogens is 1. The van der Waals surface area contributed by atoms with Crippen LogP contribution in [0, 0.1) is 0 Å². The van der Waals surface area contributed by atoms with Gasteiger partial charge in [0.05, 0.1) is 6.54 Å².